The third kappa shape index (κ3) is 16.2. The van der Waals surface area contributed by atoms with Crippen molar-refractivity contribution in [2.75, 3.05) is 11.5 Å². The molecule has 0 aromatic carbocycles. The van der Waals surface area contributed by atoms with Crippen LogP contribution in [0.2, 0.25) is 0 Å². The quantitative estimate of drug-likeness (QED) is 0.345. The van der Waals surface area contributed by atoms with Gasteiger partial charge in [0.05, 0.1) is 0 Å². The van der Waals surface area contributed by atoms with Gasteiger partial charge in [-0.25, -0.2) is 0 Å². The number of carboxylic acid groups (broad SMARTS) is 1. The van der Waals surface area contributed by atoms with Crippen LogP contribution in [0.15, 0.2) is 0 Å². The summed E-state index contributed by atoms with van der Waals surface area (Å²) in [7, 11) is 3.97. The molecule has 0 rings (SSSR count). The predicted molar refractivity (Wildman–Crippen MR) is 84.4 cm³/mol. The Morgan fingerprint density at radius 3 is 1.83 bits per heavy atom. The zero-order valence-corrected chi connectivity index (χ0v) is 13.3. The first-order chi connectivity index (χ1) is 8.77. The van der Waals surface area contributed by atoms with Gasteiger partial charge in [0.15, 0.2) is 0 Å². The van der Waals surface area contributed by atoms with Gasteiger partial charge in [0.1, 0.15) is 0 Å². The summed E-state index contributed by atoms with van der Waals surface area (Å²) < 4.78 is 0. The van der Waals surface area contributed by atoms with Crippen molar-refractivity contribution in [2.24, 2.45) is 0 Å². The highest BCUT2D eigenvalue weighted by atomic mass is 33.1. The number of carbonyl (C=O) groups is 1. The fraction of sp³-hybridized carbons (Fsp3) is 0.929. The SMILES string of the molecule is CCSSCCCCCCCCCCCC(=O)O. The van der Waals surface area contributed by atoms with E-state index in [9.17, 15) is 4.79 Å². The number of unbranched alkanes of at least 4 members (excludes halogenated alkanes) is 8. The lowest BCUT2D eigenvalue weighted by Crippen LogP contribution is -1.93. The fourth-order valence-corrected chi connectivity index (χ4v) is 3.63. The molecule has 0 aliphatic heterocycles. The van der Waals surface area contributed by atoms with Gasteiger partial charge >= 0.3 is 5.97 Å². The number of hydrogen-bond acceptors (Lipinski definition) is 3. The van der Waals surface area contributed by atoms with Crippen molar-refractivity contribution in [3.8, 4) is 0 Å². The molecule has 0 fully saturated rings. The van der Waals surface area contributed by atoms with Crippen molar-refractivity contribution in [3.05, 3.63) is 0 Å². The second-order valence-corrected chi connectivity index (χ2v) is 7.43. The molecule has 1 N–H and O–H groups in total. The Kier molecular flexibility index (Phi) is 15.4. The van der Waals surface area contributed by atoms with Gasteiger partial charge in [-0.2, -0.15) is 0 Å². The lowest BCUT2D eigenvalue weighted by molar-refractivity contribution is -0.137. The van der Waals surface area contributed by atoms with Crippen LogP contribution in [-0.4, -0.2) is 22.6 Å². The molecule has 0 unspecified atom stereocenters. The van der Waals surface area contributed by atoms with Crippen LogP contribution in [0, 0.1) is 0 Å². The molecule has 0 amide bonds. The maximum Gasteiger partial charge on any atom is 0.303 e. The normalized spacial score (nSPS) is 10.7. The van der Waals surface area contributed by atoms with Crippen molar-refractivity contribution < 1.29 is 9.90 Å². The van der Waals surface area contributed by atoms with E-state index < -0.39 is 5.97 Å². The second kappa shape index (κ2) is 15.2. The topological polar surface area (TPSA) is 37.3 Å². The first kappa shape index (κ1) is 18.2. The summed E-state index contributed by atoms with van der Waals surface area (Å²) in [6, 6.07) is 0. The maximum atomic E-state index is 10.3. The molecule has 4 heteroatoms. The molecule has 108 valence electrons. The lowest BCUT2D eigenvalue weighted by Gasteiger charge is -2.02. The van der Waals surface area contributed by atoms with E-state index >= 15 is 0 Å². The molecular formula is C14H28O2S2. The number of carboxylic acids is 1. The molecule has 0 heterocycles. The van der Waals surface area contributed by atoms with E-state index in [0.717, 1.165) is 12.8 Å². The molecule has 0 aliphatic rings. The summed E-state index contributed by atoms with van der Waals surface area (Å²) in [6.45, 7) is 2.20. The number of hydrogen-bond donors (Lipinski definition) is 1. The van der Waals surface area contributed by atoms with Crippen LogP contribution in [0.3, 0.4) is 0 Å². The van der Waals surface area contributed by atoms with Crippen LogP contribution < -0.4 is 0 Å². The van der Waals surface area contributed by atoms with Crippen LogP contribution in [0.4, 0.5) is 0 Å². The van der Waals surface area contributed by atoms with Crippen molar-refractivity contribution >= 4 is 27.6 Å². The predicted octanol–water partition coefficient (Wildman–Crippen LogP) is 5.37. The van der Waals surface area contributed by atoms with E-state index in [2.05, 4.69) is 6.92 Å². The van der Waals surface area contributed by atoms with Gasteiger partial charge in [0.25, 0.3) is 0 Å². The van der Waals surface area contributed by atoms with Crippen molar-refractivity contribution in [2.45, 2.75) is 71.1 Å². The van der Waals surface area contributed by atoms with Crippen LogP contribution >= 0.6 is 21.6 Å². The van der Waals surface area contributed by atoms with Gasteiger partial charge in [0.2, 0.25) is 0 Å². The Morgan fingerprint density at radius 1 is 0.833 bits per heavy atom. The highest BCUT2D eigenvalue weighted by molar-refractivity contribution is 8.76. The van der Waals surface area contributed by atoms with E-state index in [1.54, 1.807) is 0 Å². The molecule has 0 aromatic heterocycles. The summed E-state index contributed by atoms with van der Waals surface area (Å²) in [5.41, 5.74) is 0. The monoisotopic (exact) mass is 292 g/mol. The fourth-order valence-electron chi connectivity index (χ4n) is 1.82. The molecule has 0 spiro atoms. The van der Waals surface area contributed by atoms with Gasteiger partial charge < -0.3 is 5.11 Å². The Hall–Kier alpha value is 0.170. The molecule has 0 bridgehead atoms. The number of aliphatic carboxylic acids is 1. The van der Waals surface area contributed by atoms with E-state index in [-0.39, 0.29) is 0 Å². The first-order valence-corrected chi connectivity index (χ1v) is 9.72. The largest absolute Gasteiger partial charge is 0.481 e. The lowest BCUT2D eigenvalue weighted by atomic mass is 10.1. The highest BCUT2D eigenvalue weighted by Crippen LogP contribution is 2.22. The van der Waals surface area contributed by atoms with Gasteiger partial charge in [0, 0.05) is 17.9 Å². The van der Waals surface area contributed by atoms with E-state index in [1.807, 2.05) is 21.6 Å². The summed E-state index contributed by atoms with van der Waals surface area (Å²) in [4.78, 5) is 10.3. The molecule has 0 atom stereocenters. The van der Waals surface area contributed by atoms with Crippen LogP contribution in [0.5, 0.6) is 0 Å². The smallest absolute Gasteiger partial charge is 0.303 e. The summed E-state index contributed by atoms with van der Waals surface area (Å²) >= 11 is 0. The van der Waals surface area contributed by atoms with Gasteiger partial charge in [-0.1, -0.05) is 73.5 Å². The average molecular weight is 293 g/mol. The maximum absolute atomic E-state index is 10.3. The third-order valence-electron chi connectivity index (χ3n) is 2.82. The van der Waals surface area contributed by atoms with Crippen molar-refractivity contribution in [1.29, 1.82) is 0 Å². The van der Waals surface area contributed by atoms with Crippen LogP contribution in [0.25, 0.3) is 0 Å². The summed E-state index contributed by atoms with van der Waals surface area (Å²) in [6.07, 6.45) is 11.5. The molecule has 0 saturated carbocycles. The average Bonchev–Trinajstić information content (AvgIpc) is 2.34. The molecular weight excluding hydrogens is 264 g/mol. The molecule has 0 radical (unpaired) electrons. The molecule has 0 aliphatic carbocycles. The minimum absolute atomic E-state index is 0.341. The van der Waals surface area contributed by atoms with Crippen LogP contribution in [0.1, 0.15) is 71.1 Å². The van der Waals surface area contributed by atoms with E-state index in [0.29, 0.717) is 6.42 Å². The first-order valence-electron chi connectivity index (χ1n) is 7.23. The Bertz CT molecular complexity index is 187. The standard InChI is InChI=1S/C14H28O2S2/c1-2-17-18-13-11-9-7-5-3-4-6-8-10-12-14(15)16/h2-13H2,1H3,(H,15,16). The molecule has 0 aromatic rings. The van der Waals surface area contributed by atoms with Crippen LogP contribution in [-0.2, 0) is 4.79 Å². The highest BCUT2D eigenvalue weighted by Gasteiger charge is 1.96. The third-order valence-corrected chi connectivity index (χ3v) is 5.38. The van der Waals surface area contributed by atoms with Gasteiger partial charge in [-0.05, 0) is 12.8 Å². The molecule has 2 nitrogen and oxygen atoms in total. The number of rotatable bonds is 14. The second-order valence-electron chi connectivity index (χ2n) is 4.55. The molecule has 18 heavy (non-hydrogen) atoms. The summed E-state index contributed by atoms with van der Waals surface area (Å²) in [5.74, 6) is 1.86. The minimum atomic E-state index is -0.658. The Labute approximate surface area is 120 Å². The van der Waals surface area contributed by atoms with Crippen molar-refractivity contribution in [1.82, 2.24) is 0 Å². The Balaban J connectivity index is 2.92. The zero-order valence-electron chi connectivity index (χ0n) is 11.7. The van der Waals surface area contributed by atoms with Gasteiger partial charge in [-0.3, -0.25) is 4.79 Å². The Morgan fingerprint density at radius 2 is 1.33 bits per heavy atom. The minimum Gasteiger partial charge on any atom is -0.481 e. The van der Waals surface area contributed by atoms with Gasteiger partial charge in [-0.15, -0.1) is 0 Å². The summed E-state index contributed by atoms with van der Waals surface area (Å²) in [5, 5.41) is 8.49. The van der Waals surface area contributed by atoms with E-state index in [1.165, 1.54) is 56.5 Å². The van der Waals surface area contributed by atoms with E-state index in [4.69, 9.17) is 5.11 Å². The molecule has 0 saturated heterocycles. The zero-order chi connectivity index (χ0) is 13.5. The van der Waals surface area contributed by atoms with Crippen molar-refractivity contribution in [3.63, 3.8) is 0 Å².